The number of phenols is 1. The zero-order valence-corrected chi connectivity index (χ0v) is 78.8. The molecule has 139 heavy (non-hydrogen) atoms. The zero-order valence-electron chi connectivity index (χ0n) is 78.8. The van der Waals surface area contributed by atoms with Crippen molar-refractivity contribution in [1.29, 1.82) is 0 Å². The van der Waals surface area contributed by atoms with Gasteiger partial charge in [-0.2, -0.15) is 0 Å². The highest BCUT2D eigenvalue weighted by Gasteiger charge is 2.71. The highest BCUT2D eigenvalue weighted by molar-refractivity contribution is 5.87. The molecule has 1 aromatic rings. The first-order chi connectivity index (χ1) is 65.5. The number of aromatic hydroxyl groups is 1. The molecule has 9 heterocycles. The maximum Gasteiger partial charge on any atom is 0.331 e. The predicted octanol–water partition coefficient (Wildman–Crippen LogP) is -7.60. The molecule has 5 aliphatic carbocycles. The largest absolute Gasteiger partial charge is 0.504 e. The molecule has 9 aliphatic heterocycles. The van der Waals surface area contributed by atoms with Gasteiger partial charge in [0.2, 0.25) is 6.29 Å². The molecule has 14 aliphatic rings. The Morgan fingerprint density at radius 2 is 0.950 bits per heavy atom. The molecular weight excluding hydrogens is 1860 g/mol. The Morgan fingerprint density at radius 1 is 0.432 bits per heavy atom. The van der Waals surface area contributed by atoms with Gasteiger partial charge in [-0.05, 0) is 147 Å². The van der Waals surface area contributed by atoms with Crippen LogP contribution in [-0.4, -0.2) is 463 Å². The van der Waals surface area contributed by atoms with Gasteiger partial charge >= 0.3 is 11.9 Å². The van der Waals surface area contributed by atoms with Crippen LogP contribution in [0.1, 0.15) is 132 Å². The molecular formula is C92H142O47. The van der Waals surface area contributed by atoms with Crippen LogP contribution in [0.4, 0.5) is 0 Å². The molecule has 0 bridgehead atoms. The fourth-order valence-corrected chi connectivity index (χ4v) is 24.4. The van der Waals surface area contributed by atoms with Crippen molar-refractivity contribution in [1.82, 2.24) is 0 Å². The van der Waals surface area contributed by atoms with Gasteiger partial charge in [0.1, 0.15) is 189 Å². The summed E-state index contributed by atoms with van der Waals surface area (Å²) in [6.07, 6.45) is -68.2. The van der Waals surface area contributed by atoms with Crippen molar-refractivity contribution >= 4 is 18.0 Å². The number of aliphatic hydroxyl groups is 24. The molecule has 0 amide bonds. The van der Waals surface area contributed by atoms with Crippen molar-refractivity contribution in [3.05, 3.63) is 41.5 Å². The summed E-state index contributed by atoms with van der Waals surface area (Å²) in [5, 5.41) is 278. The number of allylic oxidation sites excluding steroid dienone is 2. The summed E-state index contributed by atoms with van der Waals surface area (Å²) in [5.41, 5.74) is -1.77. The number of aliphatic hydroxyl groups excluding tert-OH is 24. The van der Waals surface area contributed by atoms with Crippen LogP contribution in [0, 0.1) is 50.2 Å². The topological polar surface area (TPSA) is 724 Å². The second-order valence-electron chi connectivity index (χ2n) is 42.1. The molecule has 0 radical (unpaired) electrons. The Kier molecular flexibility index (Phi) is 33.7. The van der Waals surface area contributed by atoms with E-state index in [4.69, 9.17) is 94.7 Å². The number of ether oxygens (including phenoxy) is 20. The fourth-order valence-electron chi connectivity index (χ4n) is 24.4. The SMILES string of the molecule is COc1ccc(/C=C/C(=O)O[C@H]2[C@H](O[C@H]3[C@H](O)[C@@H](O)[C@H](O[C@@H]4CO[C@@H](O[C@@H]5[C@@H](O)[C@H](C)O[C@@H](O[C@H]6[C@H](O[C@H]7CC[C@]8(C)[C@H]9CC=C%10[C@@H]%11CC(C)(C)CC[C@]%11(C(=O)O[C@@H]%11O[C@H](CO[C@@H]%12O[C@H](CO)[C@@H](O[C@@H]%13O[C@@H](C)[C@H](O)[C@@H](O)[C@H]%13O)[C@H](O)[C@H]%12O)[C@@H](O)[C@H](O)[C@H]%11O)CC[C@@]%10(C)[C@]9(C)CC[C@H]8C7(C)C)OC[C@H](O)[C@@H]6O)[C@@H]5O)[C@H](O)[C@@H]4O)O[C@@H]3CO)O[C@H](CO)[C@@H](O)[C@@H]2O[C@@H]2O[C@H](CO)[C@@H](O)[C@H](O)[C@H]2O)cc1O. The number of benzene rings is 1. The summed E-state index contributed by atoms with van der Waals surface area (Å²) in [6, 6.07) is 4.07. The van der Waals surface area contributed by atoms with E-state index in [0.717, 1.165) is 24.5 Å². The Bertz CT molecular complexity index is 4320. The average molecular weight is 2000 g/mol. The summed E-state index contributed by atoms with van der Waals surface area (Å²) < 4.78 is 119. The number of esters is 2. The molecule has 51 atom stereocenters. The van der Waals surface area contributed by atoms with Gasteiger partial charge in [-0.25, -0.2) is 4.79 Å². The molecule has 9 saturated heterocycles. The first kappa shape index (κ1) is 109. The van der Waals surface area contributed by atoms with E-state index in [1.807, 2.05) is 0 Å². The summed E-state index contributed by atoms with van der Waals surface area (Å²) in [7, 11) is 1.31. The van der Waals surface area contributed by atoms with E-state index < -0.39 is 345 Å². The van der Waals surface area contributed by atoms with Crippen LogP contribution in [0.3, 0.4) is 0 Å². The molecule has 0 aromatic heterocycles. The van der Waals surface area contributed by atoms with Crippen LogP contribution in [0.25, 0.3) is 6.08 Å². The molecule has 47 heteroatoms. The third-order valence-corrected chi connectivity index (χ3v) is 33.0. The summed E-state index contributed by atoms with van der Waals surface area (Å²) in [5.74, 6) is -2.38. The molecule has 1 aromatic carbocycles. The fraction of sp³-hybridized carbons (Fsp3) is 0.870. The van der Waals surface area contributed by atoms with Crippen LogP contribution >= 0.6 is 0 Å². The van der Waals surface area contributed by atoms with Crippen molar-refractivity contribution in [2.75, 3.05) is 53.4 Å². The second-order valence-corrected chi connectivity index (χ2v) is 42.1. The van der Waals surface area contributed by atoms with Gasteiger partial charge in [0.15, 0.2) is 67.9 Å². The first-order valence-electron chi connectivity index (χ1n) is 47.8. The lowest BCUT2D eigenvalue weighted by molar-refractivity contribution is -0.390. The van der Waals surface area contributed by atoms with E-state index in [9.17, 15) is 132 Å². The van der Waals surface area contributed by atoms with Crippen LogP contribution in [-0.2, 0) is 99.6 Å². The number of fused-ring (bicyclic) bond motifs is 7. The maximum absolute atomic E-state index is 15.5. The van der Waals surface area contributed by atoms with E-state index >= 15 is 4.79 Å². The molecule has 4 saturated carbocycles. The van der Waals surface area contributed by atoms with Crippen molar-refractivity contribution in [2.24, 2.45) is 50.2 Å². The number of methoxy groups -OCH3 is 1. The van der Waals surface area contributed by atoms with E-state index in [-0.39, 0.29) is 51.1 Å². The van der Waals surface area contributed by atoms with Crippen LogP contribution < -0.4 is 4.74 Å². The number of carbonyl (C=O) groups is 2. The normalized spacial score (nSPS) is 50.5. The van der Waals surface area contributed by atoms with Crippen LogP contribution in [0.5, 0.6) is 11.5 Å². The number of phenolic OH excluding ortho intramolecular Hbond substituents is 1. The van der Waals surface area contributed by atoms with Crippen molar-refractivity contribution in [3.8, 4) is 11.5 Å². The Labute approximate surface area is 800 Å². The van der Waals surface area contributed by atoms with Crippen molar-refractivity contribution in [2.45, 2.75) is 397 Å². The minimum Gasteiger partial charge on any atom is -0.504 e. The molecule has 47 nitrogen and oxygen atoms in total. The molecule has 25 N–H and O–H groups in total. The third kappa shape index (κ3) is 20.5. The number of hydrogen-bond acceptors (Lipinski definition) is 47. The summed E-state index contributed by atoms with van der Waals surface area (Å²) in [6.45, 7) is 12.7. The van der Waals surface area contributed by atoms with Crippen LogP contribution in [0.2, 0.25) is 0 Å². The lowest BCUT2D eigenvalue weighted by Gasteiger charge is -2.71. The standard InChI is InChI=1S/C92H142O47/c1-34-52(100)59(107)65(113)79(124-34)134-71-44(29-95)128-77(68(116)62(71)110)122-32-46-56(104)61(109)67(115)82(131-46)139-86(119)92-23-21-87(3,4)26-38(92)37-13-15-49-89(7)19-18-50(88(5,6)48(89)17-20-91(49,9)90(37,8)22-24-92)132-84-75(54(102)40(98)31-121-84)138-83-70(118)73(53(101)35(2)125-83)136-78-64(112)57(105)47(33-123-78)130-80-69(117)63(111)72(45(30-96)129-80)135-85-76(133-51(99)16-12-36-11-14-41(120-10)39(97)25-36)74(58(106)43(28-94)127-85)137-81-66(114)60(108)55(103)42(27-93)126-81/h11-14,16,25,34-35,38,40,42-50,52-85,93-98,100-118H,15,17-24,26-33H2,1-10H3/b16-12+/t34-,35-,38-,40-,42+,43+,44+,45+,46+,47+,48-,49+,50-,52-,53-,54-,55+,56+,57+,58+,59+,60-,61-,62+,63+,64+,65+,66+,67+,68+,69+,70+,71+,72+,73+,74-,75+,76+,77+,78-,79-,80-,81-,82-,83-,84-,85-,89-,90+,91+,92-/m0/s1. The predicted molar refractivity (Wildman–Crippen MR) is 459 cm³/mol. The quantitative estimate of drug-likeness (QED) is 0.0168. The summed E-state index contributed by atoms with van der Waals surface area (Å²) >= 11 is 0. The molecule has 13 fully saturated rings. The summed E-state index contributed by atoms with van der Waals surface area (Å²) in [4.78, 5) is 29.3. The Balaban J connectivity index is 0.572. The van der Waals surface area contributed by atoms with E-state index in [1.165, 1.54) is 45.2 Å². The van der Waals surface area contributed by atoms with Crippen molar-refractivity contribution in [3.63, 3.8) is 0 Å². The number of hydrogen-bond donors (Lipinski definition) is 25. The van der Waals surface area contributed by atoms with E-state index in [2.05, 4.69) is 54.5 Å². The van der Waals surface area contributed by atoms with Gasteiger partial charge in [0.05, 0.1) is 77.1 Å². The smallest absolute Gasteiger partial charge is 0.331 e. The van der Waals surface area contributed by atoms with Gasteiger partial charge in [-0.1, -0.05) is 66.2 Å². The molecule has 15 rings (SSSR count). The lowest BCUT2D eigenvalue weighted by Crippen LogP contribution is -2.68. The molecule has 792 valence electrons. The lowest BCUT2D eigenvalue weighted by atomic mass is 9.33. The maximum atomic E-state index is 15.5. The van der Waals surface area contributed by atoms with Gasteiger partial charge < -0.3 is 222 Å². The van der Waals surface area contributed by atoms with Crippen LogP contribution in [0.15, 0.2) is 35.9 Å². The minimum absolute atomic E-state index is 0.00360. The molecule has 0 spiro atoms. The number of carbonyl (C=O) groups excluding carboxylic acids is 2. The van der Waals surface area contributed by atoms with E-state index in [1.54, 1.807) is 0 Å². The van der Waals surface area contributed by atoms with Gasteiger partial charge in [-0.3, -0.25) is 4.79 Å². The first-order valence-corrected chi connectivity index (χ1v) is 47.8. The average Bonchev–Trinajstić information content (AvgIpc) is 0.672. The Hall–Kier alpha value is -4.40. The van der Waals surface area contributed by atoms with Crippen molar-refractivity contribution < 1.29 is 232 Å². The highest BCUT2D eigenvalue weighted by Crippen LogP contribution is 2.76. The zero-order chi connectivity index (χ0) is 101. The third-order valence-electron chi connectivity index (χ3n) is 33.0. The van der Waals surface area contributed by atoms with Gasteiger partial charge in [0.25, 0.3) is 0 Å². The molecule has 0 unspecified atom stereocenters. The van der Waals surface area contributed by atoms with E-state index in [0.29, 0.717) is 51.4 Å². The highest BCUT2D eigenvalue weighted by atomic mass is 16.8. The second kappa shape index (κ2) is 43.0. The van der Waals surface area contributed by atoms with Gasteiger partial charge in [-0.15, -0.1) is 0 Å². The monoisotopic (exact) mass is 2000 g/mol. The minimum atomic E-state index is -2.22. The van der Waals surface area contributed by atoms with Gasteiger partial charge in [0, 0.05) is 6.08 Å². The number of rotatable bonds is 27. The Morgan fingerprint density at radius 3 is 1.60 bits per heavy atom.